The quantitative estimate of drug-likeness (QED) is 0.660. The van der Waals surface area contributed by atoms with E-state index >= 15 is 0 Å². The molecule has 0 aromatic heterocycles. The van der Waals surface area contributed by atoms with Crippen LogP contribution in [-0.4, -0.2) is 23.2 Å². The normalized spacial score (nSPS) is 15.9. The third kappa shape index (κ3) is 2.29. The summed E-state index contributed by atoms with van der Waals surface area (Å²) in [5, 5.41) is 0.189. The molecule has 1 amide bonds. The van der Waals surface area contributed by atoms with Gasteiger partial charge in [-0.25, -0.2) is 0 Å². The van der Waals surface area contributed by atoms with Gasteiger partial charge in [0, 0.05) is 18.0 Å². The summed E-state index contributed by atoms with van der Waals surface area (Å²) in [6.45, 7) is 1.86. The molecule has 1 saturated heterocycles. The number of amides is 1. The van der Waals surface area contributed by atoms with Crippen LogP contribution in [0, 0.1) is 0 Å². The van der Waals surface area contributed by atoms with Gasteiger partial charge in [0.15, 0.2) is 0 Å². The van der Waals surface area contributed by atoms with Crippen molar-refractivity contribution in [2.24, 2.45) is 0 Å². The molecular weight excluding hydrogens is 194 g/mol. The number of nitrogens with zero attached hydrogens (tertiary/aromatic N) is 1. The molecule has 0 spiro atoms. The Balaban J connectivity index is 1.94. The Morgan fingerprint density at radius 1 is 1.14 bits per heavy atom. The van der Waals surface area contributed by atoms with Crippen molar-refractivity contribution in [3.63, 3.8) is 0 Å². The zero-order valence-corrected chi connectivity index (χ0v) is 8.80. The summed E-state index contributed by atoms with van der Waals surface area (Å²) >= 11 is 1.33. The molecule has 0 bridgehead atoms. The molecule has 14 heavy (non-hydrogen) atoms. The first-order valence-electron chi connectivity index (χ1n) is 4.88. The number of hydrogen-bond acceptors (Lipinski definition) is 2. The molecule has 1 aliphatic heterocycles. The highest BCUT2D eigenvalue weighted by Gasteiger charge is 2.18. The van der Waals surface area contributed by atoms with E-state index in [1.54, 1.807) is 0 Å². The average molecular weight is 207 g/mol. The maximum absolute atomic E-state index is 11.7. The number of likely N-dealkylation sites (tertiary alicyclic amines) is 1. The summed E-state index contributed by atoms with van der Waals surface area (Å²) in [6, 6.07) is 9.82. The number of rotatable bonds is 1. The van der Waals surface area contributed by atoms with E-state index in [0.29, 0.717) is 0 Å². The Hall–Kier alpha value is -0.960. The van der Waals surface area contributed by atoms with Crippen molar-refractivity contribution in [2.45, 2.75) is 17.7 Å². The molecule has 3 heteroatoms. The molecule has 74 valence electrons. The van der Waals surface area contributed by atoms with Crippen LogP contribution >= 0.6 is 11.8 Å². The van der Waals surface area contributed by atoms with Crippen molar-refractivity contribution in [2.75, 3.05) is 13.1 Å². The van der Waals surface area contributed by atoms with Crippen LogP contribution in [0.2, 0.25) is 0 Å². The first-order valence-corrected chi connectivity index (χ1v) is 5.70. The van der Waals surface area contributed by atoms with Gasteiger partial charge >= 0.3 is 0 Å². The predicted molar refractivity (Wildman–Crippen MR) is 58.5 cm³/mol. The van der Waals surface area contributed by atoms with Crippen LogP contribution in [0.25, 0.3) is 0 Å². The fourth-order valence-corrected chi connectivity index (χ4v) is 2.36. The van der Waals surface area contributed by atoms with Gasteiger partial charge in [-0.2, -0.15) is 0 Å². The molecule has 0 N–H and O–H groups in total. The minimum Gasteiger partial charge on any atom is -0.333 e. The predicted octanol–water partition coefficient (Wildman–Crippen LogP) is 2.99. The van der Waals surface area contributed by atoms with E-state index in [4.69, 9.17) is 0 Å². The molecule has 0 radical (unpaired) electrons. The standard InChI is InChI=1S/C11H13NOS/c13-11(12-8-4-5-9-12)14-10-6-2-1-3-7-10/h1-3,6-7H,4-5,8-9H2. The van der Waals surface area contributed by atoms with Crippen molar-refractivity contribution in [3.05, 3.63) is 30.3 Å². The van der Waals surface area contributed by atoms with Crippen LogP contribution in [0.3, 0.4) is 0 Å². The van der Waals surface area contributed by atoms with Gasteiger partial charge in [0.05, 0.1) is 0 Å². The molecular formula is C11H13NOS. The molecule has 0 atom stereocenters. The fraction of sp³-hybridized carbons (Fsp3) is 0.364. The number of benzene rings is 1. The largest absolute Gasteiger partial charge is 0.333 e. The van der Waals surface area contributed by atoms with Gasteiger partial charge in [-0.3, -0.25) is 4.79 Å². The fourth-order valence-electron chi connectivity index (χ4n) is 1.55. The lowest BCUT2D eigenvalue weighted by molar-refractivity contribution is 0.233. The molecule has 1 fully saturated rings. The van der Waals surface area contributed by atoms with Crippen molar-refractivity contribution in [1.29, 1.82) is 0 Å². The lowest BCUT2D eigenvalue weighted by Crippen LogP contribution is -2.23. The molecule has 2 rings (SSSR count). The Labute approximate surface area is 88.3 Å². The summed E-state index contributed by atoms with van der Waals surface area (Å²) in [5.41, 5.74) is 0. The Morgan fingerprint density at radius 2 is 1.79 bits per heavy atom. The van der Waals surface area contributed by atoms with Crippen molar-refractivity contribution >= 4 is 17.0 Å². The Bertz CT molecular complexity index is 306. The van der Waals surface area contributed by atoms with Crippen LogP contribution in [-0.2, 0) is 0 Å². The van der Waals surface area contributed by atoms with Gasteiger partial charge < -0.3 is 4.90 Å². The molecule has 1 heterocycles. The summed E-state index contributed by atoms with van der Waals surface area (Å²) in [4.78, 5) is 14.7. The molecule has 0 saturated carbocycles. The second-order valence-electron chi connectivity index (χ2n) is 3.38. The second kappa shape index (κ2) is 4.51. The van der Waals surface area contributed by atoms with Crippen LogP contribution in [0.15, 0.2) is 35.2 Å². The number of thioether (sulfide) groups is 1. The number of carbonyl (C=O) groups excluding carboxylic acids is 1. The average Bonchev–Trinajstić information content (AvgIpc) is 2.72. The van der Waals surface area contributed by atoms with Crippen LogP contribution in [0.1, 0.15) is 12.8 Å². The Kier molecular flexibility index (Phi) is 3.09. The van der Waals surface area contributed by atoms with Gasteiger partial charge in [0.1, 0.15) is 0 Å². The highest BCUT2D eigenvalue weighted by molar-refractivity contribution is 8.13. The van der Waals surface area contributed by atoms with E-state index in [1.807, 2.05) is 35.2 Å². The van der Waals surface area contributed by atoms with Crippen LogP contribution in [0.5, 0.6) is 0 Å². The van der Waals surface area contributed by atoms with Crippen molar-refractivity contribution in [3.8, 4) is 0 Å². The summed E-state index contributed by atoms with van der Waals surface area (Å²) in [6.07, 6.45) is 2.31. The molecule has 0 unspecified atom stereocenters. The van der Waals surface area contributed by atoms with Crippen molar-refractivity contribution in [1.82, 2.24) is 4.90 Å². The third-order valence-electron chi connectivity index (χ3n) is 2.31. The summed E-state index contributed by atoms with van der Waals surface area (Å²) in [5.74, 6) is 0. The number of hydrogen-bond donors (Lipinski definition) is 0. The minimum absolute atomic E-state index is 0.189. The van der Waals surface area contributed by atoms with E-state index in [-0.39, 0.29) is 5.24 Å². The first kappa shape index (κ1) is 9.59. The van der Waals surface area contributed by atoms with Crippen molar-refractivity contribution < 1.29 is 4.79 Å². The smallest absolute Gasteiger partial charge is 0.286 e. The molecule has 1 aliphatic rings. The second-order valence-corrected chi connectivity index (χ2v) is 4.40. The zero-order valence-electron chi connectivity index (χ0n) is 7.98. The maximum atomic E-state index is 11.7. The van der Waals surface area contributed by atoms with Gasteiger partial charge in [0.2, 0.25) is 0 Å². The van der Waals surface area contributed by atoms with E-state index in [9.17, 15) is 4.79 Å². The lowest BCUT2D eigenvalue weighted by Gasteiger charge is -2.13. The van der Waals surface area contributed by atoms with E-state index in [0.717, 1.165) is 30.8 Å². The monoisotopic (exact) mass is 207 g/mol. The molecule has 1 aromatic rings. The minimum atomic E-state index is 0.189. The van der Waals surface area contributed by atoms with E-state index in [2.05, 4.69) is 0 Å². The highest BCUT2D eigenvalue weighted by Crippen LogP contribution is 2.23. The van der Waals surface area contributed by atoms with Crippen LogP contribution in [0.4, 0.5) is 4.79 Å². The zero-order chi connectivity index (χ0) is 9.80. The van der Waals surface area contributed by atoms with Gasteiger partial charge in [-0.15, -0.1) is 0 Å². The lowest BCUT2D eigenvalue weighted by atomic mass is 10.4. The van der Waals surface area contributed by atoms with Gasteiger partial charge in [0.25, 0.3) is 5.24 Å². The third-order valence-corrected chi connectivity index (χ3v) is 3.25. The first-order chi connectivity index (χ1) is 6.86. The molecule has 1 aromatic carbocycles. The van der Waals surface area contributed by atoms with E-state index < -0.39 is 0 Å². The summed E-state index contributed by atoms with van der Waals surface area (Å²) < 4.78 is 0. The van der Waals surface area contributed by atoms with Crippen LogP contribution < -0.4 is 0 Å². The molecule has 2 nitrogen and oxygen atoms in total. The highest BCUT2D eigenvalue weighted by atomic mass is 32.2. The Morgan fingerprint density at radius 3 is 2.43 bits per heavy atom. The summed E-state index contributed by atoms with van der Waals surface area (Å²) in [7, 11) is 0. The SMILES string of the molecule is O=C(Sc1ccccc1)N1CCCC1. The van der Waals surface area contributed by atoms with E-state index in [1.165, 1.54) is 11.8 Å². The van der Waals surface area contributed by atoms with Gasteiger partial charge in [-0.1, -0.05) is 18.2 Å². The number of carbonyl (C=O) groups is 1. The van der Waals surface area contributed by atoms with Gasteiger partial charge in [-0.05, 0) is 36.7 Å². The molecule has 0 aliphatic carbocycles. The maximum Gasteiger partial charge on any atom is 0.286 e. The topological polar surface area (TPSA) is 20.3 Å².